The number of H-pyrrole nitrogens is 1. The quantitative estimate of drug-likeness (QED) is 0.601. The van der Waals surface area contributed by atoms with E-state index in [1.807, 2.05) is 6.07 Å². The van der Waals surface area contributed by atoms with Gasteiger partial charge in [-0.15, -0.1) is 0 Å². The topological polar surface area (TPSA) is 123 Å². The molecule has 0 aliphatic carbocycles. The summed E-state index contributed by atoms with van der Waals surface area (Å²) < 4.78 is 32.2. The highest BCUT2D eigenvalue weighted by Crippen LogP contribution is 2.36. The summed E-state index contributed by atoms with van der Waals surface area (Å²) in [6, 6.07) is 1.88. The minimum Gasteiger partial charge on any atom is -0.469 e. The van der Waals surface area contributed by atoms with Crippen molar-refractivity contribution in [3.63, 3.8) is 0 Å². The third-order valence-corrected chi connectivity index (χ3v) is 6.87. The molecule has 28 heavy (non-hydrogen) atoms. The number of nitrogens with one attached hydrogen (secondary N) is 1. The van der Waals surface area contributed by atoms with Crippen molar-refractivity contribution in [1.82, 2.24) is 29.0 Å². The first-order chi connectivity index (χ1) is 13.4. The Morgan fingerprint density at radius 3 is 2.86 bits per heavy atom. The van der Waals surface area contributed by atoms with Crippen LogP contribution in [0.1, 0.15) is 13.3 Å². The molecule has 0 amide bonds. The summed E-state index contributed by atoms with van der Waals surface area (Å²) >= 11 is 0. The number of aromatic nitrogens is 5. The van der Waals surface area contributed by atoms with E-state index in [0.717, 1.165) is 10.9 Å². The lowest BCUT2D eigenvalue weighted by atomic mass is 9.88. The SMILES string of the molecule is CCS(=O)(=O)N1CC(CC(=O)OC)(n2cc(-c3ncnc4[nH]ccc34)cn2)C1. The molecule has 1 fully saturated rings. The van der Waals surface area contributed by atoms with E-state index in [1.54, 1.807) is 30.2 Å². The van der Waals surface area contributed by atoms with Crippen LogP contribution in [0, 0.1) is 0 Å². The molecular weight excluding hydrogens is 384 g/mol. The number of methoxy groups -OCH3 is 1. The number of sulfonamides is 1. The lowest BCUT2D eigenvalue weighted by Gasteiger charge is -2.48. The Hall–Kier alpha value is -2.79. The van der Waals surface area contributed by atoms with Crippen LogP contribution in [0.15, 0.2) is 31.0 Å². The third kappa shape index (κ3) is 2.96. The summed E-state index contributed by atoms with van der Waals surface area (Å²) in [7, 11) is -2.02. The van der Waals surface area contributed by atoms with Crippen molar-refractivity contribution in [3.8, 4) is 11.3 Å². The van der Waals surface area contributed by atoms with Crippen LogP contribution in [0.5, 0.6) is 0 Å². The van der Waals surface area contributed by atoms with Gasteiger partial charge in [0.15, 0.2) is 0 Å². The molecule has 1 saturated heterocycles. The van der Waals surface area contributed by atoms with Crippen molar-refractivity contribution in [2.24, 2.45) is 0 Å². The van der Waals surface area contributed by atoms with Gasteiger partial charge < -0.3 is 9.72 Å². The summed E-state index contributed by atoms with van der Waals surface area (Å²) in [4.78, 5) is 23.5. The maximum Gasteiger partial charge on any atom is 0.308 e. The molecule has 1 N–H and O–H groups in total. The molecule has 0 aromatic carbocycles. The molecule has 10 nitrogen and oxygen atoms in total. The van der Waals surface area contributed by atoms with E-state index in [9.17, 15) is 13.2 Å². The molecule has 11 heteroatoms. The number of carbonyl (C=O) groups is 1. The maximum absolute atomic E-state index is 12.2. The van der Waals surface area contributed by atoms with Crippen LogP contribution >= 0.6 is 0 Å². The van der Waals surface area contributed by atoms with Gasteiger partial charge in [-0.1, -0.05) is 0 Å². The standard InChI is InChI=1S/C17H20N6O4S/c1-3-28(25,26)22-9-17(10-22,6-14(24)27-2)23-8-12(7-21-23)15-13-4-5-18-16(13)20-11-19-15/h4-5,7-8,11H,3,6,9-10H2,1-2H3,(H,18,19,20). The highest BCUT2D eigenvalue weighted by atomic mass is 32.2. The fraction of sp³-hybridized carbons (Fsp3) is 0.412. The highest BCUT2D eigenvalue weighted by Gasteiger charge is 2.51. The second kappa shape index (κ2) is 6.67. The number of fused-ring (bicyclic) bond motifs is 1. The fourth-order valence-corrected chi connectivity index (χ4v) is 4.71. The third-order valence-electron chi connectivity index (χ3n) is 5.10. The van der Waals surface area contributed by atoms with Crippen molar-refractivity contribution in [2.45, 2.75) is 18.9 Å². The van der Waals surface area contributed by atoms with Crippen molar-refractivity contribution in [2.75, 3.05) is 26.0 Å². The zero-order valence-corrected chi connectivity index (χ0v) is 16.3. The molecule has 0 unspecified atom stereocenters. The summed E-state index contributed by atoms with van der Waals surface area (Å²) in [5.41, 5.74) is 1.40. The van der Waals surface area contributed by atoms with Gasteiger partial charge in [0.05, 0.1) is 31.2 Å². The highest BCUT2D eigenvalue weighted by molar-refractivity contribution is 7.89. The number of esters is 1. The van der Waals surface area contributed by atoms with Crippen LogP contribution in [0.4, 0.5) is 0 Å². The predicted octanol–water partition coefficient (Wildman–Crippen LogP) is 0.745. The maximum atomic E-state index is 12.2. The van der Waals surface area contributed by atoms with Gasteiger partial charge in [-0.3, -0.25) is 9.48 Å². The van der Waals surface area contributed by atoms with Crippen LogP contribution < -0.4 is 0 Å². The normalized spacial score (nSPS) is 16.8. The molecule has 0 atom stereocenters. The summed E-state index contributed by atoms with van der Waals surface area (Å²) in [5, 5.41) is 5.28. The Kier molecular flexibility index (Phi) is 4.42. The van der Waals surface area contributed by atoms with Crippen LogP contribution in [0.2, 0.25) is 0 Å². The average Bonchev–Trinajstić information content (AvgIpc) is 3.33. The average molecular weight is 404 g/mol. The number of rotatable bonds is 6. The van der Waals surface area contributed by atoms with E-state index >= 15 is 0 Å². The van der Waals surface area contributed by atoms with Gasteiger partial charge in [0.25, 0.3) is 0 Å². The Bertz CT molecular complexity index is 1130. The van der Waals surface area contributed by atoms with Crippen LogP contribution in [-0.4, -0.2) is 69.4 Å². The van der Waals surface area contributed by atoms with E-state index < -0.39 is 21.5 Å². The number of nitrogens with zero attached hydrogens (tertiary/aromatic N) is 5. The zero-order chi connectivity index (χ0) is 19.9. The zero-order valence-electron chi connectivity index (χ0n) is 15.5. The summed E-state index contributed by atoms with van der Waals surface area (Å²) in [6.07, 6.45) is 6.72. The number of ether oxygens (including phenoxy) is 1. The molecule has 0 bridgehead atoms. The minimum absolute atomic E-state index is 0.0120. The van der Waals surface area contributed by atoms with Crippen LogP contribution in [0.3, 0.4) is 0 Å². The smallest absolute Gasteiger partial charge is 0.308 e. The van der Waals surface area contributed by atoms with Gasteiger partial charge in [0, 0.05) is 36.4 Å². The van der Waals surface area contributed by atoms with E-state index in [2.05, 4.69) is 20.1 Å². The van der Waals surface area contributed by atoms with Crippen molar-refractivity contribution >= 4 is 27.0 Å². The molecule has 1 aliphatic heterocycles. The molecule has 0 radical (unpaired) electrons. The number of hydrogen-bond acceptors (Lipinski definition) is 7. The first-order valence-electron chi connectivity index (χ1n) is 8.77. The number of carbonyl (C=O) groups excluding carboxylic acids is 1. The molecule has 0 spiro atoms. The predicted molar refractivity (Wildman–Crippen MR) is 101 cm³/mol. The summed E-state index contributed by atoms with van der Waals surface area (Å²) in [5.74, 6) is -0.404. The second-order valence-electron chi connectivity index (χ2n) is 6.78. The van der Waals surface area contributed by atoms with Gasteiger partial charge in [0.1, 0.15) is 17.5 Å². The Labute approximate surface area is 161 Å². The Balaban J connectivity index is 1.69. The van der Waals surface area contributed by atoms with Gasteiger partial charge in [-0.2, -0.15) is 9.40 Å². The molecule has 148 valence electrons. The molecule has 4 rings (SSSR count). The molecule has 1 aliphatic rings. The monoisotopic (exact) mass is 404 g/mol. The molecule has 3 aromatic heterocycles. The minimum atomic E-state index is -3.33. The largest absolute Gasteiger partial charge is 0.469 e. The Morgan fingerprint density at radius 1 is 1.36 bits per heavy atom. The summed E-state index contributed by atoms with van der Waals surface area (Å²) in [6.45, 7) is 1.93. The number of aromatic amines is 1. The number of hydrogen-bond donors (Lipinski definition) is 1. The van der Waals surface area contributed by atoms with Crippen molar-refractivity contribution < 1.29 is 17.9 Å². The van der Waals surface area contributed by atoms with E-state index in [1.165, 1.54) is 17.7 Å². The van der Waals surface area contributed by atoms with Gasteiger partial charge in [0.2, 0.25) is 10.0 Å². The van der Waals surface area contributed by atoms with Gasteiger partial charge in [-0.05, 0) is 13.0 Å². The van der Waals surface area contributed by atoms with Crippen LogP contribution in [-0.2, 0) is 25.1 Å². The molecule has 3 aromatic rings. The molecule has 4 heterocycles. The fourth-order valence-electron chi connectivity index (χ4n) is 3.47. The first kappa shape index (κ1) is 18.6. The lowest BCUT2D eigenvalue weighted by molar-refractivity contribution is -0.145. The van der Waals surface area contributed by atoms with Gasteiger partial charge >= 0.3 is 5.97 Å². The van der Waals surface area contributed by atoms with Crippen molar-refractivity contribution in [1.29, 1.82) is 0 Å². The molecule has 0 saturated carbocycles. The first-order valence-corrected chi connectivity index (χ1v) is 10.4. The molecular formula is C17H20N6O4S. The second-order valence-corrected chi connectivity index (χ2v) is 9.04. The van der Waals surface area contributed by atoms with E-state index in [0.29, 0.717) is 11.3 Å². The van der Waals surface area contributed by atoms with E-state index in [4.69, 9.17) is 4.74 Å². The van der Waals surface area contributed by atoms with E-state index in [-0.39, 0.29) is 25.3 Å². The van der Waals surface area contributed by atoms with Crippen molar-refractivity contribution in [3.05, 3.63) is 31.0 Å². The van der Waals surface area contributed by atoms with Gasteiger partial charge in [-0.25, -0.2) is 18.4 Å². The Morgan fingerprint density at radius 2 is 2.14 bits per heavy atom. The van der Waals surface area contributed by atoms with Crippen LogP contribution in [0.25, 0.3) is 22.3 Å². The lowest BCUT2D eigenvalue weighted by Crippen LogP contribution is -2.65.